The molecule has 0 aliphatic heterocycles. The fraction of sp³-hybridized carbons (Fsp3) is 0.200. The number of methoxy groups -OCH3 is 1. The van der Waals surface area contributed by atoms with Gasteiger partial charge in [-0.3, -0.25) is 4.79 Å². The maximum atomic E-state index is 10.3. The van der Waals surface area contributed by atoms with E-state index in [9.17, 15) is 4.79 Å². The first-order valence-corrected chi connectivity index (χ1v) is 4.30. The van der Waals surface area contributed by atoms with Gasteiger partial charge in [0, 0.05) is 0 Å². The van der Waals surface area contributed by atoms with Crippen molar-refractivity contribution in [2.24, 2.45) is 10.9 Å². The third-order valence-corrected chi connectivity index (χ3v) is 1.60. The summed E-state index contributed by atoms with van der Waals surface area (Å²) in [5, 5.41) is 3.57. The molecule has 5 heteroatoms. The monoisotopic (exact) mass is 208 g/mol. The van der Waals surface area contributed by atoms with Gasteiger partial charge in [-0.15, -0.1) is 0 Å². The van der Waals surface area contributed by atoms with Crippen molar-refractivity contribution in [1.82, 2.24) is 0 Å². The van der Waals surface area contributed by atoms with E-state index in [1.54, 1.807) is 19.2 Å². The first-order chi connectivity index (χ1) is 7.22. The largest absolute Gasteiger partial charge is 0.497 e. The van der Waals surface area contributed by atoms with Gasteiger partial charge in [0.25, 0.3) is 5.91 Å². The van der Waals surface area contributed by atoms with E-state index in [1.807, 2.05) is 12.1 Å². The highest BCUT2D eigenvalue weighted by molar-refractivity contribution is 5.79. The number of amides is 1. The van der Waals surface area contributed by atoms with Crippen LogP contribution in [0.3, 0.4) is 0 Å². The highest BCUT2D eigenvalue weighted by Crippen LogP contribution is 2.09. The van der Waals surface area contributed by atoms with Crippen LogP contribution in [0.1, 0.15) is 5.56 Å². The predicted octanol–water partition coefficient (Wildman–Crippen LogP) is 0.531. The van der Waals surface area contributed by atoms with E-state index in [2.05, 4.69) is 9.99 Å². The average Bonchev–Trinajstić information content (AvgIpc) is 2.25. The predicted molar refractivity (Wildman–Crippen MR) is 55.7 cm³/mol. The van der Waals surface area contributed by atoms with E-state index in [0.717, 1.165) is 11.3 Å². The van der Waals surface area contributed by atoms with Crippen molar-refractivity contribution in [3.8, 4) is 5.75 Å². The molecule has 0 unspecified atom stereocenters. The molecule has 0 saturated heterocycles. The topological polar surface area (TPSA) is 73.9 Å². The Hall–Kier alpha value is -2.04. The Balaban J connectivity index is 2.46. The van der Waals surface area contributed by atoms with Crippen LogP contribution >= 0.6 is 0 Å². The molecule has 2 N–H and O–H groups in total. The molecule has 1 aromatic carbocycles. The maximum Gasteiger partial charge on any atom is 0.258 e. The second-order valence-electron chi connectivity index (χ2n) is 2.75. The Labute approximate surface area is 87.5 Å². The lowest BCUT2D eigenvalue weighted by molar-refractivity contribution is -0.122. The molecule has 0 radical (unpaired) electrons. The van der Waals surface area contributed by atoms with Gasteiger partial charge in [-0.25, -0.2) is 0 Å². The molecule has 0 spiro atoms. The first kappa shape index (κ1) is 11.0. The molecule has 1 amide bonds. The molecular weight excluding hydrogens is 196 g/mol. The maximum absolute atomic E-state index is 10.3. The zero-order valence-corrected chi connectivity index (χ0v) is 8.34. The van der Waals surface area contributed by atoms with Crippen molar-refractivity contribution in [3.05, 3.63) is 29.8 Å². The summed E-state index contributed by atoms with van der Waals surface area (Å²) in [5.74, 6) is 0.215. The number of ether oxygens (including phenoxy) is 1. The van der Waals surface area contributed by atoms with Crippen molar-refractivity contribution in [1.29, 1.82) is 0 Å². The van der Waals surface area contributed by atoms with Crippen molar-refractivity contribution in [2.45, 2.75) is 0 Å². The number of nitrogens with two attached hydrogens (primary N) is 1. The molecule has 1 rings (SSSR count). The van der Waals surface area contributed by atoms with Gasteiger partial charge in [0.05, 0.1) is 13.3 Å². The van der Waals surface area contributed by atoms with Gasteiger partial charge in [0.15, 0.2) is 6.61 Å². The van der Waals surface area contributed by atoms with Crippen molar-refractivity contribution >= 4 is 12.1 Å². The Kier molecular flexibility index (Phi) is 4.15. The zero-order valence-electron chi connectivity index (χ0n) is 8.34. The molecule has 80 valence electrons. The molecule has 0 aliphatic rings. The van der Waals surface area contributed by atoms with Crippen LogP contribution in [0.2, 0.25) is 0 Å². The van der Waals surface area contributed by atoms with E-state index >= 15 is 0 Å². The Bertz CT molecular complexity index is 346. The molecular formula is C10H12N2O3. The highest BCUT2D eigenvalue weighted by atomic mass is 16.6. The molecule has 0 atom stereocenters. The SMILES string of the molecule is COc1ccc(/C=N\OCC(N)=O)cc1. The molecule has 5 nitrogen and oxygen atoms in total. The minimum Gasteiger partial charge on any atom is -0.497 e. The van der Waals surface area contributed by atoms with Crippen LogP contribution in [-0.4, -0.2) is 25.8 Å². The number of nitrogens with zero attached hydrogens (tertiary/aromatic N) is 1. The summed E-state index contributed by atoms with van der Waals surface area (Å²) in [6.45, 7) is -0.216. The lowest BCUT2D eigenvalue weighted by Gasteiger charge is -1.98. The second-order valence-corrected chi connectivity index (χ2v) is 2.75. The molecule has 15 heavy (non-hydrogen) atoms. The van der Waals surface area contributed by atoms with E-state index in [1.165, 1.54) is 6.21 Å². The van der Waals surface area contributed by atoms with Crippen molar-refractivity contribution in [2.75, 3.05) is 13.7 Å². The molecule has 1 aromatic rings. The molecule has 0 aromatic heterocycles. The summed E-state index contributed by atoms with van der Waals surface area (Å²) in [4.78, 5) is 14.9. The van der Waals surface area contributed by atoms with Crippen molar-refractivity contribution in [3.63, 3.8) is 0 Å². The average molecular weight is 208 g/mol. The standard InChI is InChI=1S/C10H12N2O3/c1-14-9-4-2-8(3-5-9)6-12-15-7-10(11)13/h2-6H,7H2,1H3,(H2,11,13)/b12-6-. The third-order valence-electron chi connectivity index (χ3n) is 1.60. The lowest BCUT2D eigenvalue weighted by atomic mass is 10.2. The summed E-state index contributed by atoms with van der Waals surface area (Å²) >= 11 is 0. The summed E-state index contributed by atoms with van der Waals surface area (Å²) in [5.41, 5.74) is 5.70. The minimum atomic E-state index is -0.554. The number of benzene rings is 1. The number of rotatable bonds is 5. The summed E-state index contributed by atoms with van der Waals surface area (Å²) in [6, 6.07) is 7.23. The molecule has 0 saturated carbocycles. The van der Waals surface area contributed by atoms with Gasteiger partial charge in [0.2, 0.25) is 0 Å². The van der Waals surface area contributed by atoms with E-state index in [-0.39, 0.29) is 6.61 Å². The lowest BCUT2D eigenvalue weighted by Crippen LogP contribution is -2.16. The van der Waals surface area contributed by atoms with Gasteiger partial charge < -0.3 is 15.3 Å². The van der Waals surface area contributed by atoms with E-state index < -0.39 is 5.91 Å². The zero-order chi connectivity index (χ0) is 11.1. The van der Waals surface area contributed by atoms with Crippen LogP contribution in [0.15, 0.2) is 29.4 Å². The summed E-state index contributed by atoms with van der Waals surface area (Å²) < 4.78 is 4.99. The van der Waals surface area contributed by atoms with Crippen LogP contribution in [-0.2, 0) is 9.63 Å². The first-order valence-electron chi connectivity index (χ1n) is 4.30. The smallest absolute Gasteiger partial charge is 0.258 e. The Morgan fingerprint density at radius 3 is 2.67 bits per heavy atom. The second kappa shape index (κ2) is 5.64. The number of hydrogen-bond acceptors (Lipinski definition) is 4. The minimum absolute atomic E-state index is 0.216. The fourth-order valence-corrected chi connectivity index (χ4v) is 0.889. The quantitative estimate of drug-likeness (QED) is 0.566. The molecule has 0 heterocycles. The van der Waals surface area contributed by atoms with Crippen LogP contribution in [0.25, 0.3) is 0 Å². The van der Waals surface area contributed by atoms with Crippen LogP contribution in [0, 0.1) is 0 Å². The third kappa shape index (κ3) is 4.12. The summed E-state index contributed by atoms with van der Waals surface area (Å²) in [7, 11) is 1.60. The molecule has 0 aliphatic carbocycles. The van der Waals surface area contributed by atoms with Gasteiger partial charge in [0.1, 0.15) is 5.75 Å². The number of carbonyl (C=O) groups excluding carboxylic acids is 1. The van der Waals surface area contributed by atoms with Crippen molar-refractivity contribution < 1.29 is 14.4 Å². The molecule has 0 bridgehead atoms. The highest BCUT2D eigenvalue weighted by Gasteiger charge is 1.92. The normalized spacial score (nSPS) is 10.2. The number of primary amides is 1. The van der Waals surface area contributed by atoms with E-state index in [4.69, 9.17) is 10.5 Å². The van der Waals surface area contributed by atoms with Gasteiger partial charge in [-0.1, -0.05) is 5.16 Å². The van der Waals surface area contributed by atoms with Gasteiger partial charge in [-0.2, -0.15) is 0 Å². The number of hydrogen-bond donors (Lipinski definition) is 1. The van der Waals surface area contributed by atoms with Gasteiger partial charge in [-0.05, 0) is 29.8 Å². The fourth-order valence-electron chi connectivity index (χ4n) is 0.889. The number of carbonyl (C=O) groups is 1. The van der Waals surface area contributed by atoms with E-state index in [0.29, 0.717) is 0 Å². The van der Waals surface area contributed by atoms with Crippen LogP contribution in [0.5, 0.6) is 5.75 Å². The summed E-state index contributed by atoms with van der Waals surface area (Å²) in [6.07, 6.45) is 1.49. The van der Waals surface area contributed by atoms with Crippen LogP contribution in [0.4, 0.5) is 0 Å². The number of oxime groups is 1. The Morgan fingerprint density at radius 2 is 2.13 bits per heavy atom. The Morgan fingerprint density at radius 1 is 1.47 bits per heavy atom. The van der Waals surface area contributed by atoms with Gasteiger partial charge >= 0.3 is 0 Å². The molecule has 0 fully saturated rings. The van der Waals surface area contributed by atoms with Crippen LogP contribution < -0.4 is 10.5 Å².